The van der Waals surface area contributed by atoms with Crippen molar-refractivity contribution < 1.29 is 19.6 Å². The van der Waals surface area contributed by atoms with Gasteiger partial charge < -0.3 is 0 Å². The minimum atomic E-state index is -1.07. The standard InChI is InChI=1S/C17H21NO4/c1-10(2)8-12-4-6-13(7-5-12)11(3)16(20)14-9-15(19)18(22)17(14)21/h4-7,10-11,14,22H,8-9H2,1-3H3. The summed E-state index contributed by atoms with van der Waals surface area (Å²) in [4.78, 5) is 35.4. The second kappa shape index (κ2) is 6.40. The van der Waals surface area contributed by atoms with Crippen LogP contribution in [0.2, 0.25) is 0 Å². The van der Waals surface area contributed by atoms with E-state index in [4.69, 9.17) is 0 Å². The molecule has 2 amide bonds. The summed E-state index contributed by atoms with van der Waals surface area (Å²) in [5.74, 6) is -2.86. The van der Waals surface area contributed by atoms with Gasteiger partial charge in [-0.1, -0.05) is 45.0 Å². The number of rotatable bonds is 5. The first-order valence-electron chi connectivity index (χ1n) is 7.49. The second-order valence-electron chi connectivity index (χ2n) is 6.26. The Bertz CT molecular complexity index is 591. The van der Waals surface area contributed by atoms with Crippen molar-refractivity contribution in [3.63, 3.8) is 0 Å². The number of Topliss-reactive ketones (excluding diaryl/α,β-unsaturated/α-hetero) is 1. The Morgan fingerprint density at radius 2 is 1.82 bits per heavy atom. The van der Waals surface area contributed by atoms with Gasteiger partial charge in [0.1, 0.15) is 5.92 Å². The summed E-state index contributed by atoms with van der Waals surface area (Å²) >= 11 is 0. The predicted octanol–water partition coefficient (Wildman–Crippen LogP) is 2.32. The van der Waals surface area contributed by atoms with Gasteiger partial charge in [0.15, 0.2) is 5.78 Å². The summed E-state index contributed by atoms with van der Waals surface area (Å²) in [6, 6.07) is 7.74. The predicted molar refractivity (Wildman–Crippen MR) is 80.2 cm³/mol. The highest BCUT2D eigenvalue weighted by Gasteiger charge is 2.43. The SMILES string of the molecule is CC(C)Cc1ccc(C(C)C(=O)C2CC(=O)N(O)C2=O)cc1. The average Bonchev–Trinajstić information content (AvgIpc) is 2.73. The summed E-state index contributed by atoms with van der Waals surface area (Å²) in [7, 11) is 0. The van der Waals surface area contributed by atoms with Crippen molar-refractivity contribution in [2.45, 2.75) is 39.5 Å². The van der Waals surface area contributed by atoms with Crippen LogP contribution in [0.25, 0.3) is 0 Å². The van der Waals surface area contributed by atoms with E-state index in [1.165, 1.54) is 5.56 Å². The monoisotopic (exact) mass is 303 g/mol. The van der Waals surface area contributed by atoms with Gasteiger partial charge in [-0.25, -0.2) is 0 Å². The molecule has 0 aromatic heterocycles. The number of benzene rings is 1. The summed E-state index contributed by atoms with van der Waals surface area (Å²) in [5, 5.41) is 9.30. The molecule has 1 N–H and O–H groups in total. The summed E-state index contributed by atoms with van der Waals surface area (Å²) < 4.78 is 0. The van der Waals surface area contributed by atoms with Crippen molar-refractivity contribution in [3.8, 4) is 0 Å². The van der Waals surface area contributed by atoms with E-state index in [0.717, 1.165) is 12.0 Å². The molecule has 0 saturated carbocycles. The quantitative estimate of drug-likeness (QED) is 0.514. The molecule has 2 rings (SSSR count). The molecule has 2 atom stereocenters. The largest absolute Gasteiger partial charge is 0.298 e. The summed E-state index contributed by atoms with van der Waals surface area (Å²) in [5.41, 5.74) is 2.01. The summed E-state index contributed by atoms with van der Waals surface area (Å²) in [6.07, 6.45) is 0.724. The van der Waals surface area contributed by atoms with Crippen LogP contribution < -0.4 is 0 Å². The highest BCUT2D eigenvalue weighted by atomic mass is 16.5. The molecule has 1 aliphatic heterocycles. The van der Waals surface area contributed by atoms with Gasteiger partial charge in [0, 0.05) is 12.3 Å². The molecule has 1 aliphatic rings. The molecule has 1 heterocycles. The average molecular weight is 303 g/mol. The Balaban J connectivity index is 2.11. The Hall–Kier alpha value is -2.01. The maximum Gasteiger partial charge on any atom is 0.264 e. The highest BCUT2D eigenvalue weighted by molar-refractivity contribution is 6.14. The van der Waals surface area contributed by atoms with Gasteiger partial charge in [-0.2, -0.15) is 5.06 Å². The molecule has 22 heavy (non-hydrogen) atoms. The molecule has 0 aliphatic carbocycles. The van der Waals surface area contributed by atoms with Crippen molar-refractivity contribution in [2.75, 3.05) is 0 Å². The van der Waals surface area contributed by atoms with Crippen LogP contribution in [0.5, 0.6) is 0 Å². The normalized spacial score (nSPS) is 19.9. The smallest absolute Gasteiger partial charge is 0.264 e. The Morgan fingerprint density at radius 1 is 1.23 bits per heavy atom. The number of amides is 2. The molecule has 0 bridgehead atoms. The topological polar surface area (TPSA) is 74.7 Å². The lowest BCUT2D eigenvalue weighted by Gasteiger charge is -2.15. The van der Waals surface area contributed by atoms with Crippen LogP contribution in [0, 0.1) is 11.8 Å². The zero-order valence-electron chi connectivity index (χ0n) is 13.1. The lowest BCUT2D eigenvalue weighted by molar-refractivity contribution is -0.172. The van der Waals surface area contributed by atoms with Gasteiger partial charge in [-0.3, -0.25) is 19.6 Å². The fourth-order valence-electron chi connectivity index (χ4n) is 2.72. The minimum absolute atomic E-state index is 0.0566. The van der Waals surface area contributed by atoms with E-state index in [1.807, 2.05) is 24.3 Å². The molecule has 5 nitrogen and oxygen atoms in total. The number of hydroxylamine groups is 2. The molecule has 1 aromatic carbocycles. The molecule has 1 saturated heterocycles. The van der Waals surface area contributed by atoms with Crippen LogP contribution in [0.15, 0.2) is 24.3 Å². The van der Waals surface area contributed by atoms with E-state index < -0.39 is 23.7 Å². The number of carbonyl (C=O) groups is 3. The highest BCUT2D eigenvalue weighted by Crippen LogP contribution is 2.27. The van der Waals surface area contributed by atoms with Crippen molar-refractivity contribution in [1.29, 1.82) is 0 Å². The van der Waals surface area contributed by atoms with Gasteiger partial charge in [0.2, 0.25) is 0 Å². The van der Waals surface area contributed by atoms with Gasteiger partial charge in [-0.05, 0) is 23.5 Å². The van der Waals surface area contributed by atoms with Crippen LogP contribution in [0.3, 0.4) is 0 Å². The number of nitrogens with zero attached hydrogens (tertiary/aromatic N) is 1. The van der Waals surface area contributed by atoms with Crippen LogP contribution in [-0.4, -0.2) is 27.9 Å². The van der Waals surface area contributed by atoms with Gasteiger partial charge in [-0.15, -0.1) is 0 Å². The van der Waals surface area contributed by atoms with Gasteiger partial charge >= 0.3 is 0 Å². The zero-order chi connectivity index (χ0) is 16.4. The van der Waals surface area contributed by atoms with Crippen LogP contribution in [-0.2, 0) is 20.8 Å². The number of hydrogen-bond acceptors (Lipinski definition) is 4. The van der Waals surface area contributed by atoms with E-state index in [1.54, 1.807) is 6.92 Å². The van der Waals surface area contributed by atoms with Crippen molar-refractivity contribution >= 4 is 17.6 Å². The van der Waals surface area contributed by atoms with Crippen molar-refractivity contribution in [1.82, 2.24) is 5.06 Å². The lowest BCUT2D eigenvalue weighted by atomic mass is 9.87. The molecule has 2 unspecified atom stereocenters. The number of carbonyl (C=O) groups excluding carboxylic acids is 3. The van der Waals surface area contributed by atoms with E-state index in [9.17, 15) is 19.6 Å². The fourth-order valence-corrected chi connectivity index (χ4v) is 2.72. The van der Waals surface area contributed by atoms with E-state index in [-0.39, 0.29) is 17.3 Å². The molecule has 1 aromatic rings. The Kier molecular flexibility index (Phi) is 4.76. The first-order chi connectivity index (χ1) is 10.3. The third-order valence-electron chi connectivity index (χ3n) is 4.02. The third-order valence-corrected chi connectivity index (χ3v) is 4.02. The van der Waals surface area contributed by atoms with Crippen LogP contribution in [0.4, 0.5) is 0 Å². The number of hydrogen-bond donors (Lipinski definition) is 1. The van der Waals surface area contributed by atoms with Crippen LogP contribution in [0.1, 0.15) is 44.2 Å². The maximum atomic E-state index is 12.4. The molecule has 5 heteroatoms. The first-order valence-corrected chi connectivity index (χ1v) is 7.49. The van der Waals surface area contributed by atoms with Crippen molar-refractivity contribution in [3.05, 3.63) is 35.4 Å². The van der Waals surface area contributed by atoms with E-state index in [0.29, 0.717) is 5.92 Å². The van der Waals surface area contributed by atoms with Gasteiger partial charge in [0.25, 0.3) is 11.8 Å². The van der Waals surface area contributed by atoms with Crippen LogP contribution >= 0.6 is 0 Å². The van der Waals surface area contributed by atoms with E-state index in [2.05, 4.69) is 13.8 Å². The minimum Gasteiger partial charge on any atom is -0.298 e. The lowest BCUT2D eigenvalue weighted by Crippen LogP contribution is -2.31. The maximum absolute atomic E-state index is 12.4. The second-order valence-corrected chi connectivity index (χ2v) is 6.26. The third kappa shape index (κ3) is 3.25. The molecule has 0 radical (unpaired) electrons. The Morgan fingerprint density at radius 3 is 2.27 bits per heavy atom. The number of ketones is 1. The fraction of sp³-hybridized carbons (Fsp3) is 0.471. The molecular weight excluding hydrogens is 282 g/mol. The van der Waals surface area contributed by atoms with E-state index >= 15 is 0 Å². The summed E-state index contributed by atoms with van der Waals surface area (Å²) in [6.45, 7) is 6.00. The number of imide groups is 1. The molecule has 0 spiro atoms. The Labute approximate surface area is 129 Å². The molecular formula is C17H21NO4. The first kappa shape index (κ1) is 16.4. The molecule has 118 valence electrons. The molecule has 1 fully saturated rings. The zero-order valence-corrected chi connectivity index (χ0v) is 13.1. The van der Waals surface area contributed by atoms with Crippen molar-refractivity contribution in [2.24, 2.45) is 11.8 Å². The van der Waals surface area contributed by atoms with Gasteiger partial charge in [0.05, 0.1) is 0 Å².